The molecule has 0 radical (unpaired) electrons. The summed E-state index contributed by atoms with van der Waals surface area (Å²) in [6.07, 6.45) is -2.31. The molecule has 0 aliphatic carbocycles. The second-order valence-electron chi connectivity index (χ2n) is 9.44. The van der Waals surface area contributed by atoms with Gasteiger partial charge in [0.05, 0.1) is 48.6 Å². The van der Waals surface area contributed by atoms with Crippen LogP contribution in [0.3, 0.4) is 0 Å². The second kappa shape index (κ2) is 16.6. The van der Waals surface area contributed by atoms with Crippen molar-refractivity contribution in [2.45, 2.75) is 41.6 Å². The van der Waals surface area contributed by atoms with Gasteiger partial charge < -0.3 is 18.9 Å². The minimum atomic E-state index is -5.51. The zero-order chi connectivity index (χ0) is 35.4. The van der Waals surface area contributed by atoms with E-state index in [1.165, 1.54) is 50.2 Å². The molecule has 256 valence electrons. The molecule has 0 bridgehead atoms. The average Bonchev–Trinajstić information content (AvgIpc) is 3.06. The van der Waals surface area contributed by atoms with Crippen molar-refractivity contribution >= 4 is 55.2 Å². The van der Waals surface area contributed by atoms with Crippen LogP contribution in [0.5, 0.6) is 0 Å². The first kappa shape index (κ1) is 38.3. The van der Waals surface area contributed by atoms with Crippen LogP contribution in [0.4, 0.5) is 9.59 Å². The summed E-state index contributed by atoms with van der Waals surface area (Å²) in [4.78, 5) is 50.9. The van der Waals surface area contributed by atoms with Crippen LogP contribution in [-0.4, -0.2) is 83.9 Å². The lowest BCUT2D eigenvalue weighted by Gasteiger charge is -2.42. The van der Waals surface area contributed by atoms with Crippen molar-refractivity contribution in [2.75, 3.05) is 27.4 Å². The van der Waals surface area contributed by atoms with Gasteiger partial charge in [0.2, 0.25) is 23.8 Å². The normalized spacial score (nSPS) is 13.8. The Labute approximate surface area is 272 Å². The summed E-state index contributed by atoms with van der Waals surface area (Å²) in [6, 6.07) is 12.4. The smallest absolute Gasteiger partial charge is 0.427 e. The fourth-order valence-electron chi connectivity index (χ4n) is 4.69. The zero-order valence-electron chi connectivity index (χ0n) is 26.5. The van der Waals surface area contributed by atoms with Gasteiger partial charge in [-0.1, -0.05) is 36.4 Å². The molecular weight excluding hydrogens is 660 g/mol. The number of hydrazone groups is 2. The van der Waals surface area contributed by atoms with E-state index in [2.05, 4.69) is 19.7 Å². The van der Waals surface area contributed by atoms with Gasteiger partial charge in [-0.3, -0.25) is 9.59 Å². The Morgan fingerprint density at radius 2 is 0.979 bits per heavy atom. The molecule has 2 rings (SSSR count). The first-order chi connectivity index (χ1) is 22.2. The van der Waals surface area contributed by atoms with Crippen molar-refractivity contribution < 1.29 is 55.0 Å². The molecule has 0 saturated heterocycles. The van der Waals surface area contributed by atoms with E-state index in [1.54, 1.807) is 0 Å². The molecule has 2 aromatic carbocycles. The molecule has 0 spiro atoms. The van der Waals surface area contributed by atoms with Gasteiger partial charge in [0.15, 0.2) is 0 Å². The van der Waals surface area contributed by atoms with Crippen LogP contribution in [0.15, 0.2) is 80.7 Å². The number of sulfone groups is 2. The number of hydrogen-bond donors (Lipinski definition) is 2. The minimum absolute atomic E-state index is 0.374. The molecule has 16 nitrogen and oxygen atoms in total. The number of hydrogen-bond acceptors (Lipinski definition) is 14. The van der Waals surface area contributed by atoms with E-state index in [-0.39, 0.29) is 13.2 Å². The van der Waals surface area contributed by atoms with Crippen LogP contribution >= 0.6 is 0 Å². The summed E-state index contributed by atoms with van der Waals surface area (Å²) in [7, 11) is -9.03. The number of rotatable bonds is 14. The third-order valence-electron chi connectivity index (χ3n) is 6.65. The maximum absolute atomic E-state index is 15.2. The van der Waals surface area contributed by atoms with Crippen molar-refractivity contribution in [3.8, 4) is 0 Å². The maximum Gasteiger partial charge on any atom is 0.427 e. The number of esters is 2. The summed E-state index contributed by atoms with van der Waals surface area (Å²) >= 11 is 0. The van der Waals surface area contributed by atoms with E-state index in [0.717, 1.165) is 52.3 Å². The summed E-state index contributed by atoms with van der Waals surface area (Å²) in [6.45, 7) is 4.11. The molecule has 2 aromatic rings. The molecule has 0 aliphatic rings. The number of carbonyl (C=O) groups is 4. The lowest BCUT2D eigenvalue weighted by atomic mass is 9.86. The molecule has 2 amide bonds. The Kier molecular flexibility index (Phi) is 13.6. The van der Waals surface area contributed by atoms with Crippen LogP contribution in [0.25, 0.3) is 0 Å². The van der Waals surface area contributed by atoms with Gasteiger partial charge in [0.1, 0.15) is 11.8 Å². The topological polar surface area (TPSA) is 222 Å². The highest BCUT2D eigenvalue weighted by molar-refractivity contribution is 8.10. The van der Waals surface area contributed by atoms with Gasteiger partial charge >= 0.3 is 24.1 Å². The Balaban J connectivity index is 3.46. The van der Waals surface area contributed by atoms with E-state index >= 15 is 16.8 Å². The van der Waals surface area contributed by atoms with Crippen molar-refractivity contribution in [3.63, 3.8) is 0 Å². The third-order valence-corrected chi connectivity index (χ3v) is 12.4. The molecule has 0 aromatic heterocycles. The lowest BCUT2D eigenvalue weighted by Crippen LogP contribution is -2.65. The minimum Gasteiger partial charge on any atom is -0.465 e. The van der Waals surface area contributed by atoms with E-state index in [9.17, 15) is 19.2 Å². The fourth-order valence-corrected chi connectivity index (χ4v) is 10.5. The standard InChI is InChI=1S/C29H36N4O12S2/c1-7-44-25(34)23(19(3)30-32-27(36)42-5)29(46(38,39)21-15-11-9-12-16-21,47(40,41)22-17-13-10-14-18-22)24(26(35)45-8-2)20(4)31-33-28(37)43-6/h9-18,23-24H,7-8H2,1-6H3,(H,32,36)(H,33,37)/b30-19+,31-20+. The molecule has 0 saturated carbocycles. The highest BCUT2D eigenvalue weighted by Crippen LogP contribution is 2.49. The summed E-state index contributed by atoms with van der Waals surface area (Å²) in [5, 5.41) is 7.59. The second-order valence-corrected chi connectivity index (χ2v) is 14.0. The molecule has 47 heavy (non-hydrogen) atoms. The van der Waals surface area contributed by atoms with Crippen LogP contribution < -0.4 is 10.9 Å². The van der Waals surface area contributed by atoms with E-state index < -0.39 is 80.9 Å². The highest BCUT2D eigenvalue weighted by atomic mass is 32.3. The Morgan fingerprint density at radius 3 is 1.26 bits per heavy atom. The van der Waals surface area contributed by atoms with E-state index in [1.807, 2.05) is 10.9 Å². The number of methoxy groups -OCH3 is 2. The van der Waals surface area contributed by atoms with Gasteiger partial charge in [-0.2, -0.15) is 10.2 Å². The fraction of sp³-hybridized carbons (Fsp3) is 0.379. The van der Waals surface area contributed by atoms with Gasteiger partial charge in [0, 0.05) is 0 Å². The number of benzene rings is 2. The van der Waals surface area contributed by atoms with Crippen molar-refractivity contribution in [1.29, 1.82) is 0 Å². The molecule has 0 heterocycles. The van der Waals surface area contributed by atoms with Gasteiger partial charge in [-0.25, -0.2) is 37.3 Å². The summed E-state index contributed by atoms with van der Waals surface area (Å²) < 4.78 is 76.8. The summed E-state index contributed by atoms with van der Waals surface area (Å²) in [5.41, 5.74) is 2.63. The van der Waals surface area contributed by atoms with E-state index in [0.29, 0.717) is 0 Å². The Hall–Kier alpha value is -4.84. The van der Waals surface area contributed by atoms with Gasteiger partial charge in [-0.05, 0) is 52.0 Å². The first-order valence-corrected chi connectivity index (χ1v) is 16.8. The largest absolute Gasteiger partial charge is 0.465 e. The van der Waals surface area contributed by atoms with Gasteiger partial charge in [-0.15, -0.1) is 0 Å². The van der Waals surface area contributed by atoms with Crippen LogP contribution in [-0.2, 0) is 48.2 Å². The SMILES string of the molecule is CCOC(=O)C(/C(C)=N/NC(=O)OC)C(C(C(=O)OCC)/C(C)=N/NC(=O)OC)(S(=O)(=O)c1ccccc1)S(=O)(=O)c1ccccc1. The quantitative estimate of drug-likeness (QED) is 0.126. The van der Waals surface area contributed by atoms with Crippen LogP contribution in [0.2, 0.25) is 0 Å². The highest BCUT2D eigenvalue weighted by Gasteiger charge is 2.72. The number of nitrogens with one attached hydrogen (secondary N) is 2. The number of nitrogens with zero attached hydrogens (tertiary/aromatic N) is 2. The zero-order valence-corrected chi connectivity index (χ0v) is 28.1. The molecule has 18 heteroatoms. The lowest BCUT2D eigenvalue weighted by molar-refractivity contribution is -0.149. The van der Waals surface area contributed by atoms with Crippen molar-refractivity contribution in [1.82, 2.24) is 10.9 Å². The predicted molar refractivity (Wildman–Crippen MR) is 168 cm³/mol. The van der Waals surface area contributed by atoms with Crippen LogP contribution in [0.1, 0.15) is 27.7 Å². The predicted octanol–water partition coefficient (Wildman–Crippen LogP) is 2.45. The summed E-state index contributed by atoms with van der Waals surface area (Å²) in [5.74, 6) is -7.93. The van der Waals surface area contributed by atoms with Crippen molar-refractivity contribution in [3.05, 3.63) is 60.7 Å². The maximum atomic E-state index is 15.2. The van der Waals surface area contributed by atoms with Crippen molar-refractivity contribution in [2.24, 2.45) is 22.0 Å². The molecule has 0 aliphatic heterocycles. The molecule has 2 N–H and O–H groups in total. The van der Waals surface area contributed by atoms with Gasteiger partial charge in [0.25, 0.3) is 0 Å². The molecule has 2 atom stereocenters. The monoisotopic (exact) mass is 696 g/mol. The first-order valence-electron chi connectivity index (χ1n) is 13.9. The Bertz CT molecular complexity index is 1580. The molecule has 0 fully saturated rings. The Morgan fingerprint density at radius 1 is 0.660 bits per heavy atom. The number of amides is 2. The number of ether oxygens (including phenoxy) is 4. The average molecular weight is 697 g/mol. The molecular formula is C29H36N4O12S2. The van der Waals surface area contributed by atoms with E-state index in [4.69, 9.17) is 9.47 Å². The molecule has 2 unspecified atom stereocenters. The third kappa shape index (κ3) is 7.94. The van der Waals surface area contributed by atoms with Crippen LogP contribution in [0, 0.1) is 11.8 Å². The number of carbonyl (C=O) groups excluding carboxylic acids is 4.